The van der Waals surface area contributed by atoms with E-state index in [1.54, 1.807) is 30.6 Å². The van der Waals surface area contributed by atoms with E-state index in [0.29, 0.717) is 23.9 Å². The van der Waals surface area contributed by atoms with Gasteiger partial charge in [0, 0.05) is 61.1 Å². The summed E-state index contributed by atoms with van der Waals surface area (Å²) in [5, 5.41) is 12.1. The number of aromatic amines is 1. The second-order valence-electron chi connectivity index (χ2n) is 18.5. The van der Waals surface area contributed by atoms with E-state index in [1.165, 1.54) is 22.8 Å². The third-order valence-electron chi connectivity index (χ3n) is 13.5. The minimum absolute atomic E-state index is 0.0120. The lowest BCUT2D eigenvalue weighted by atomic mass is 9.72. The monoisotopic (exact) mass is 898 g/mol. The van der Waals surface area contributed by atoms with E-state index < -0.39 is 21.5 Å². The van der Waals surface area contributed by atoms with Gasteiger partial charge in [-0.05, 0) is 122 Å². The SMILES string of the molecule is CC1(C)CCC(CN2CCN(c3ccc(C(=O)NS(=O)(=O)c4cnc(OC[C@@H]5C[C@H]6C[C@@H]5C[C@@]6(C)O)c(Cl)c4)c(Oc4cnc5[nH]ccc5c4)c3)CC2)=C(c2ccc(Cl)cc2)C1. The molecule has 326 valence electrons. The molecule has 0 unspecified atom stereocenters. The van der Waals surface area contributed by atoms with E-state index in [-0.39, 0.29) is 44.4 Å². The van der Waals surface area contributed by atoms with Gasteiger partial charge in [-0.3, -0.25) is 9.69 Å². The molecular weight excluding hydrogens is 848 g/mol. The van der Waals surface area contributed by atoms with Gasteiger partial charge in [-0.15, -0.1) is 0 Å². The van der Waals surface area contributed by atoms with Crippen molar-refractivity contribution in [2.45, 2.75) is 69.8 Å². The molecule has 62 heavy (non-hydrogen) atoms. The van der Waals surface area contributed by atoms with Gasteiger partial charge in [0.1, 0.15) is 27.1 Å². The molecule has 4 aliphatic rings. The number of H-pyrrole nitrogens is 1. The predicted octanol–water partition coefficient (Wildman–Crippen LogP) is 9.14. The number of fused-ring (bicyclic) bond motifs is 3. The van der Waals surface area contributed by atoms with Gasteiger partial charge in [-0.25, -0.2) is 23.1 Å². The number of sulfonamides is 1. The molecule has 3 N–H and O–H groups in total. The number of piperazine rings is 1. The number of carbonyl (C=O) groups excluding carboxylic acids is 1. The lowest BCUT2D eigenvalue weighted by Crippen LogP contribution is -2.47. The number of aromatic nitrogens is 3. The number of halogens is 2. The summed E-state index contributed by atoms with van der Waals surface area (Å²) in [6, 6.07) is 18.3. The maximum absolute atomic E-state index is 13.9. The van der Waals surface area contributed by atoms with Crippen molar-refractivity contribution >= 4 is 61.4 Å². The molecule has 1 saturated heterocycles. The fourth-order valence-electron chi connectivity index (χ4n) is 9.93. The summed E-state index contributed by atoms with van der Waals surface area (Å²) in [4.78, 5) is 30.1. The van der Waals surface area contributed by atoms with Gasteiger partial charge < -0.3 is 24.5 Å². The van der Waals surface area contributed by atoms with E-state index in [9.17, 15) is 18.3 Å². The van der Waals surface area contributed by atoms with Gasteiger partial charge in [0.2, 0.25) is 5.88 Å². The number of amides is 1. The molecule has 1 amide bonds. The third kappa shape index (κ3) is 9.05. The second kappa shape index (κ2) is 16.8. The first-order chi connectivity index (χ1) is 29.6. The highest BCUT2D eigenvalue weighted by molar-refractivity contribution is 7.90. The maximum atomic E-state index is 13.9. The quantitative estimate of drug-likeness (QED) is 0.111. The van der Waals surface area contributed by atoms with Crippen molar-refractivity contribution < 1.29 is 27.8 Å². The van der Waals surface area contributed by atoms with Crippen molar-refractivity contribution in [2.24, 2.45) is 23.2 Å². The van der Waals surface area contributed by atoms with Crippen LogP contribution in [0.15, 0.2) is 89.7 Å². The first kappa shape index (κ1) is 42.6. The summed E-state index contributed by atoms with van der Waals surface area (Å²) < 4.78 is 41.8. The van der Waals surface area contributed by atoms with Crippen LogP contribution in [0.2, 0.25) is 10.0 Å². The second-order valence-corrected chi connectivity index (χ2v) is 21.0. The number of pyridine rings is 2. The average molecular weight is 900 g/mol. The van der Waals surface area contributed by atoms with Crippen molar-refractivity contribution in [2.75, 3.05) is 44.2 Å². The fourth-order valence-corrected chi connectivity index (χ4v) is 11.3. The Kier molecular flexibility index (Phi) is 11.6. The highest BCUT2D eigenvalue weighted by Gasteiger charge is 2.51. The van der Waals surface area contributed by atoms with Crippen molar-refractivity contribution in [1.82, 2.24) is 24.6 Å². The van der Waals surface area contributed by atoms with Crippen molar-refractivity contribution in [3.63, 3.8) is 0 Å². The Morgan fingerprint density at radius 1 is 0.984 bits per heavy atom. The number of hydrogen-bond acceptors (Lipinski definition) is 10. The molecule has 12 nitrogen and oxygen atoms in total. The van der Waals surface area contributed by atoms with Crippen LogP contribution in [0.25, 0.3) is 16.6 Å². The number of aliphatic hydroxyl groups is 1. The first-order valence-corrected chi connectivity index (χ1v) is 23.6. The highest BCUT2D eigenvalue weighted by Crippen LogP contribution is 2.53. The lowest BCUT2D eigenvalue weighted by molar-refractivity contribution is -0.0121. The largest absolute Gasteiger partial charge is 0.476 e. The molecule has 2 saturated carbocycles. The van der Waals surface area contributed by atoms with Crippen LogP contribution >= 0.6 is 23.2 Å². The topological polar surface area (TPSA) is 150 Å². The van der Waals surface area contributed by atoms with Crippen LogP contribution in [-0.2, 0) is 10.0 Å². The van der Waals surface area contributed by atoms with E-state index in [4.69, 9.17) is 32.7 Å². The molecule has 0 radical (unpaired) electrons. The molecule has 4 atom stereocenters. The molecule has 2 bridgehead atoms. The lowest BCUT2D eigenvalue weighted by Gasteiger charge is -2.39. The predicted molar refractivity (Wildman–Crippen MR) is 242 cm³/mol. The molecular formula is C47H52Cl2N6O6S. The van der Waals surface area contributed by atoms with Crippen LogP contribution < -0.4 is 19.1 Å². The Labute approximate surface area is 372 Å². The summed E-state index contributed by atoms with van der Waals surface area (Å²) in [5.74, 6) is 0.679. The molecule has 9 rings (SSSR count). The van der Waals surface area contributed by atoms with E-state index >= 15 is 0 Å². The van der Waals surface area contributed by atoms with Gasteiger partial charge >= 0.3 is 0 Å². The fraction of sp³-hybridized carbons (Fsp3) is 0.426. The molecule has 1 aliphatic heterocycles. The Bertz CT molecular complexity index is 2640. The Morgan fingerprint density at radius 3 is 2.50 bits per heavy atom. The maximum Gasteiger partial charge on any atom is 0.268 e. The third-order valence-corrected chi connectivity index (χ3v) is 15.3. The van der Waals surface area contributed by atoms with Gasteiger partial charge in [-0.1, -0.05) is 54.8 Å². The molecule has 5 aromatic rings. The van der Waals surface area contributed by atoms with E-state index in [2.05, 4.69) is 55.5 Å². The standard InChI is InChI=1S/C47H52Cl2N6O6S/c1-46(2)12-10-31(40(24-46)29-4-6-35(48)7-5-29)27-54-14-16-55(17-15-54)36-8-9-39(42(21-36)61-37-20-30-11-13-50-43(30)51-25-37)44(56)53-62(58,59)38-22-41(49)45(52-26-38)60-28-33-19-34-18-32(33)23-47(34,3)57/h4-9,11,13,20-22,25-26,32-34,57H,10,12,14-19,23-24,27-28H2,1-3H3,(H,50,51)(H,53,56)/t32-,33+,34-,47-/m1/s1. The van der Waals surface area contributed by atoms with Gasteiger partial charge in [0.25, 0.3) is 15.9 Å². The number of carbonyl (C=O) groups is 1. The summed E-state index contributed by atoms with van der Waals surface area (Å²) in [6.45, 7) is 11.1. The number of nitrogens with zero attached hydrogens (tertiary/aromatic N) is 4. The van der Waals surface area contributed by atoms with Gasteiger partial charge in [-0.2, -0.15) is 0 Å². The number of anilines is 1. The van der Waals surface area contributed by atoms with Crippen LogP contribution in [0.1, 0.15) is 75.2 Å². The number of hydrogen-bond donors (Lipinski definition) is 3. The summed E-state index contributed by atoms with van der Waals surface area (Å²) >= 11 is 12.7. The minimum atomic E-state index is -4.42. The van der Waals surface area contributed by atoms with Crippen LogP contribution in [0.4, 0.5) is 5.69 Å². The number of ether oxygens (including phenoxy) is 2. The molecule has 3 aromatic heterocycles. The average Bonchev–Trinajstić information content (AvgIpc) is 3.95. The number of allylic oxidation sites excluding steroid dienone is 1. The van der Waals surface area contributed by atoms with Crippen molar-refractivity contribution in [1.29, 1.82) is 0 Å². The summed E-state index contributed by atoms with van der Waals surface area (Å²) in [5.41, 5.74) is 5.31. The molecule has 2 aromatic carbocycles. The van der Waals surface area contributed by atoms with Crippen LogP contribution in [0, 0.1) is 23.2 Å². The zero-order chi connectivity index (χ0) is 43.4. The smallest absolute Gasteiger partial charge is 0.268 e. The highest BCUT2D eigenvalue weighted by atomic mass is 35.5. The van der Waals surface area contributed by atoms with Crippen molar-refractivity contribution in [3.8, 4) is 17.4 Å². The molecule has 15 heteroatoms. The Balaban J connectivity index is 0.899. The van der Waals surface area contributed by atoms with E-state index in [0.717, 1.165) is 93.5 Å². The molecule has 3 fully saturated rings. The number of nitrogens with one attached hydrogen (secondary N) is 2. The molecule has 0 spiro atoms. The number of benzene rings is 2. The van der Waals surface area contributed by atoms with Gasteiger partial charge in [0.15, 0.2) is 0 Å². The van der Waals surface area contributed by atoms with E-state index in [1.807, 2.05) is 31.2 Å². The van der Waals surface area contributed by atoms with Gasteiger partial charge in [0.05, 0.1) is 30.2 Å². The number of rotatable bonds is 12. The van der Waals surface area contributed by atoms with Crippen LogP contribution in [0.5, 0.6) is 17.4 Å². The summed E-state index contributed by atoms with van der Waals surface area (Å²) in [7, 11) is -4.42. The molecule has 4 heterocycles. The van der Waals surface area contributed by atoms with Crippen molar-refractivity contribution in [3.05, 3.63) is 106 Å². The van der Waals surface area contributed by atoms with Crippen LogP contribution in [-0.4, -0.2) is 84.2 Å². The first-order valence-electron chi connectivity index (χ1n) is 21.4. The normalized spacial score (nSPS) is 23.8. The zero-order valence-electron chi connectivity index (χ0n) is 35.2. The minimum Gasteiger partial charge on any atom is -0.476 e. The summed E-state index contributed by atoms with van der Waals surface area (Å²) in [6.07, 6.45) is 10.3. The van der Waals surface area contributed by atoms with Crippen LogP contribution in [0.3, 0.4) is 0 Å². The zero-order valence-corrected chi connectivity index (χ0v) is 37.5. The Hall–Kier alpha value is -4.66. The molecule has 3 aliphatic carbocycles. The Morgan fingerprint density at radius 2 is 1.77 bits per heavy atom.